The molecule has 0 atom stereocenters. The van der Waals surface area contributed by atoms with Gasteiger partial charge >= 0.3 is 0 Å². The Bertz CT molecular complexity index is 1440. The lowest BCUT2D eigenvalue weighted by Crippen LogP contribution is -2.47. The number of nitrogens with one attached hydrogen (secondary N) is 1. The van der Waals surface area contributed by atoms with Crippen LogP contribution in [0.15, 0.2) is 0 Å². The summed E-state index contributed by atoms with van der Waals surface area (Å²) >= 11 is 0. The number of aromatic amines is 1. The van der Waals surface area contributed by atoms with Gasteiger partial charge in [0.05, 0.1) is 16.5 Å². The summed E-state index contributed by atoms with van der Waals surface area (Å²) in [5.41, 5.74) is -2.47. The summed E-state index contributed by atoms with van der Waals surface area (Å²) in [5, 5.41) is 71.8. The van der Waals surface area contributed by atoms with Crippen molar-refractivity contribution in [2.24, 2.45) is 0 Å². The molecule has 1 aromatic heterocycles. The fourth-order valence-electron chi connectivity index (χ4n) is 3.63. The van der Waals surface area contributed by atoms with Gasteiger partial charge in [-0.25, -0.2) is 0 Å². The first-order valence-electron chi connectivity index (χ1n) is 8.51. The highest BCUT2D eigenvalue weighted by atomic mass is 16.3. The SMILES string of the molecule is [B]c1c(O)c(O)c(O)c(O)c1-c1c(O)c(O)c2[nH]c3c([B])c([B])c([B])c([B])c3c2c1O. The van der Waals surface area contributed by atoms with Crippen LogP contribution in [-0.4, -0.2) is 80.0 Å². The molecule has 8 N–H and O–H groups in total. The highest BCUT2D eigenvalue weighted by molar-refractivity contribution is 6.67. The molecule has 10 radical (unpaired) electrons. The fraction of sp³-hybridized carbons (Fsp3) is 0. The summed E-state index contributed by atoms with van der Waals surface area (Å²) in [6.07, 6.45) is 0. The molecule has 3 aromatic carbocycles. The molecular formula is C18H8B5NO7. The Morgan fingerprint density at radius 2 is 0.903 bits per heavy atom. The van der Waals surface area contributed by atoms with Crippen LogP contribution >= 0.6 is 0 Å². The largest absolute Gasteiger partial charge is 0.506 e. The van der Waals surface area contributed by atoms with Crippen molar-refractivity contribution in [2.45, 2.75) is 0 Å². The minimum Gasteiger partial charge on any atom is -0.506 e. The second kappa shape index (κ2) is 6.44. The molecule has 0 saturated carbocycles. The second-order valence-corrected chi connectivity index (χ2v) is 6.88. The van der Waals surface area contributed by atoms with Gasteiger partial charge in [-0.2, -0.15) is 0 Å². The van der Waals surface area contributed by atoms with Crippen LogP contribution in [0.5, 0.6) is 40.2 Å². The highest BCUT2D eigenvalue weighted by Gasteiger charge is 2.30. The Morgan fingerprint density at radius 1 is 0.387 bits per heavy atom. The van der Waals surface area contributed by atoms with Crippen molar-refractivity contribution in [1.29, 1.82) is 0 Å². The van der Waals surface area contributed by atoms with Gasteiger partial charge in [0, 0.05) is 16.5 Å². The number of phenols is 7. The summed E-state index contributed by atoms with van der Waals surface area (Å²) in [6.45, 7) is 0. The van der Waals surface area contributed by atoms with Gasteiger partial charge in [-0.1, -0.05) is 10.9 Å². The van der Waals surface area contributed by atoms with Gasteiger partial charge in [0.2, 0.25) is 11.5 Å². The average Bonchev–Trinajstić information content (AvgIpc) is 3.15. The molecule has 0 amide bonds. The van der Waals surface area contributed by atoms with Crippen LogP contribution in [0.2, 0.25) is 0 Å². The number of hydrogen-bond acceptors (Lipinski definition) is 7. The molecule has 0 bridgehead atoms. The van der Waals surface area contributed by atoms with E-state index in [1.54, 1.807) is 0 Å². The third-order valence-electron chi connectivity index (χ3n) is 5.26. The Morgan fingerprint density at radius 3 is 1.52 bits per heavy atom. The Balaban J connectivity index is 2.30. The summed E-state index contributed by atoms with van der Waals surface area (Å²) in [7, 11) is 29.5. The zero-order valence-corrected chi connectivity index (χ0v) is 15.5. The molecule has 4 rings (SSSR count). The van der Waals surface area contributed by atoms with Crippen LogP contribution in [-0.2, 0) is 0 Å². The van der Waals surface area contributed by atoms with Gasteiger partial charge in [0.1, 0.15) is 45.0 Å². The lowest BCUT2D eigenvalue weighted by Gasteiger charge is -2.18. The van der Waals surface area contributed by atoms with Crippen LogP contribution in [0.1, 0.15) is 0 Å². The van der Waals surface area contributed by atoms with E-state index in [2.05, 4.69) is 4.98 Å². The van der Waals surface area contributed by atoms with Gasteiger partial charge < -0.3 is 40.7 Å². The quantitative estimate of drug-likeness (QED) is 0.0948. The smallest absolute Gasteiger partial charge is 0.204 e. The minimum absolute atomic E-state index is 0.0403. The van der Waals surface area contributed by atoms with E-state index in [1.165, 1.54) is 0 Å². The van der Waals surface area contributed by atoms with Crippen molar-refractivity contribution >= 4 is 88.4 Å². The number of rotatable bonds is 1. The predicted octanol–water partition coefficient (Wildman–Crippen LogP) is -3.10. The van der Waals surface area contributed by atoms with Crippen molar-refractivity contribution in [2.75, 3.05) is 0 Å². The van der Waals surface area contributed by atoms with E-state index in [0.717, 1.165) is 0 Å². The predicted molar refractivity (Wildman–Crippen MR) is 120 cm³/mol. The summed E-state index contributed by atoms with van der Waals surface area (Å²) in [5.74, 6) is -7.02. The average molecular weight is 404 g/mol. The van der Waals surface area contributed by atoms with Gasteiger partial charge in [-0.3, -0.25) is 0 Å². The number of aromatic hydroxyl groups is 7. The third-order valence-corrected chi connectivity index (χ3v) is 5.26. The monoisotopic (exact) mass is 405 g/mol. The zero-order chi connectivity index (χ0) is 23.1. The molecule has 0 unspecified atom stereocenters. The molecule has 4 aromatic rings. The Labute approximate surface area is 180 Å². The first-order chi connectivity index (χ1) is 14.4. The van der Waals surface area contributed by atoms with Crippen molar-refractivity contribution in [3.63, 3.8) is 0 Å². The van der Waals surface area contributed by atoms with Gasteiger partial charge in [-0.15, -0.1) is 10.9 Å². The van der Waals surface area contributed by atoms with Crippen molar-refractivity contribution in [3.8, 4) is 51.4 Å². The van der Waals surface area contributed by atoms with E-state index < -0.39 is 56.8 Å². The number of phenolic OH excluding ortho intramolecular Hbond substituents is 7. The first-order valence-corrected chi connectivity index (χ1v) is 8.51. The number of benzene rings is 3. The van der Waals surface area contributed by atoms with Gasteiger partial charge in [-0.05, 0) is 5.46 Å². The summed E-state index contributed by atoms with van der Waals surface area (Å²) < 4.78 is 0. The van der Waals surface area contributed by atoms with E-state index in [4.69, 9.17) is 39.2 Å². The molecule has 0 aliphatic heterocycles. The van der Waals surface area contributed by atoms with Crippen LogP contribution < -0.4 is 27.3 Å². The summed E-state index contributed by atoms with van der Waals surface area (Å²) in [4.78, 5) is 2.70. The molecule has 8 nitrogen and oxygen atoms in total. The standard InChI is InChI=1S/C18H8B5NO7/c19-5-1-3-11(24-10(1)9(23)8(22)7(5)21)16(29)14(27)4(12(3)25)2-6(20)15(28)18(31)17(30)13(2)26/h24-31H. The van der Waals surface area contributed by atoms with Crippen molar-refractivity contribution in [3.05, 3.63) is 0 Å². The first kappa shape index (κ1) is 20.6. The van der Waals surface area contributed by atoms with Crippen LogP contribution in [0, 0.1) is 0 Å². The lowest BCUT2D eigenvalue weighted by atomic mass is 9.65. The van der Waals surface area contributed by atoms with Crippen LogP contribution in [0.4, 0.5) is 0 Å². The van der Waals surface area contributed by atoms with E-state index >= 15 is 0 Å². The maximum atomic E-state index is 11.0. The molecule has 0 aliphatic carbocycles. The molecule has 0 fully saturated rings. The van der Waals surface area contributed by atoms with Crippen LogP contribution in [0.3, 0.4) is 0 Å². The topological polar surface area (TPSA) is 157 Å². The summed E-state index contributed by atoms with van der Waals surface area (Å²) in [6, 6.07) is 0. The van der Waals surface area contributed by atoms with Gasteiger partial charge in [0.15, 0.2) is 23.0 Å². The maximum absolute atomic E-state index is 11.0. The number of H-pyrrole nitrogens is 1. The van der Waals surface area contributed by atoms with E-state index in [1.807, 2.05) is 0 Å². The molecule has 0 spiro atoms. The van der Waals surface area contributed by atoms with Gasteiger partial charge in [0.25, 0.3) is 0 Å². The fourth-order valence-corrected chi connectivity index (χ4v) is 3.63. The molecule has 1 heterocycles. The highest BCUT2D eigenvalue weighted by Crippen LogP contribution is 2.55. The van der Waals surface area contributed by atoms with E-state index in [0.29, 0.717) is 0 Å². The molecular weight excluding hydrogens is 396 g/mol. The number of hydrogen-bond donors (Lipinski definition) is 8. The minimum atomic E-state index is -1.18. The lowest BCUT2D eigenvalue weighted by molar-refractivity contribution is 0.348. The van der Waals surface area contributed by atoms with Crippen molar-refractivity contribution in [1.82, 2.24) is 4.98 Å². The number of aromatic nitrogens is 1. The van der Waals surface area contributed by atoms with E-state index in [9.17, 15) is 35.7 Å². The Kier molecular flexibility index (Phi) is 4.29. The molecule has 31 heavy (non-hydrogen) atoms. The van der Waals surface area contributed by atoms with E-state index in [-0.39, 0.29) is 43.7 Å². The zero-order valence-electron chi connectivity index (χ0n) is 15.5. The third kappa shape index (κ3) is 2.43. The maximum Gasteiger partial charge on any atom is 0.204 e. The Hall–Kier alpha value is -3.62. The number of fused-ring (bicyclic) bond motifs is 3. The normalized spacial score (nSPS) is 11.5. The van der Waals surface area contributed by atoms with Crippen LogP contribution in [0.25, 0.3) is 32.9 Å². The molecule has 0 aliphatic rings. The molecule has 13 heteroatoms. The molecule has 0 saturated heterocycles. The second-order valence-electron chi connectivity index (χ2n) is 6.88. The van der Waals surface area contributed by atoms with Crippen molar-refractivity contribution < 1.29 is 35.7 Å². The molecule has 142 valence electrons.